The summed E-state index contributed by atoms with van der Waals surface area (Å²) in [6.07, 6.45) is 1.33. The van der Waals surface area contributed by atoms with Gasteiger partial charge in [-0.1, -0.05) is 29.8 Å². The number of aryl methyl sites for hydroxylation is 1. The van der Waals surface area contributed by atoms with E-state index in [2.05, 4.69) is 48.5 Å². The fraction of sp³-hybridized carbons (Fsp3) is 0.571. The van der Waals surface area contributed by atoms with E-state index in [1.165, 1.54) is 37.2 Å². The van der Waals surface area contributed by atoms with Crippen molar-refractivity contribution in [3.8, 4) is 0 Å². The first kappa shape index (κ1) is 11.6. The Hall–Kier alpha value is -0.860. The Morgan fingerprint density at radius 1 is 1.25 bits per heavy atom. The second-order valence-electron chi connectivity index (χ2n) is 5.04. The lowest BCUT2D eigenvalue weighted by Gasteiger charge is -2.29. The molecule has 1 heterocycles. The SMILES string of the molecule is Cc1ccc(CN(C)CCC2CNC2)cc1. The van der Waals surface area contributed by atoms with E-state index >= 15 is 0 Å². The molecule has 0 bridgehead atoms. The molecule has 0 unspecified atom stereocenters. The van der Waals surface area contributed by atoms with Gasteiger partial charge in [-0.05, 0) is 51.5 Å². The molecule has 1 aliphatic heterocycles. The van der Waals surface area contributed by atoms with Gasteiger partial charge in [0.25, 0.3) is 0 Å². The summed E-state index contributed by atoms with van der Waals surface area (Å²) in [7, 11) is 2.21. The fourth-order valence-electron chi connectivity index (χ4n) is 2.04. The second kappa shape index (κ2) is 5.46. The van der Waals surface area contributed by atoms with Gasteiger partial charge in [-0.2, -0.15) is 0 Å². The van der Waals surface area contributed by atoms with E-state index in [4.69, 9.17) is 0 Å². The van der Waals surface area contributed by atoms with Crippen molar-refractivity contribution in [2.45, 2.75) is 19.9 Å². The Kier molecular flexibility index (Phi) is 3.97. The Labute approximate surface area is 98.7 Å². The number of nitrogens with one attached hydrogen (secondary N) is 1. The Balaban J connectivity index is 1.73. The third kappa shape index (κ3) is 3.32. The van der Waals surface area contributed by atoms with Crippen molar-refractivity contribution in [1.82, 2.24) is 10.2 Å². The maximum Gasteiger partial charge on any atom is 0.0230 e. The van der Waals surface area contributed by atoms with Gasteiger partial charge < -0.3 is 10.2 Å². The number of hydrogen-bond acceptors (Lipinski definition) is 2. The summed E-state index contributed by atoms with van der Waals surface area (Å²) in [4.78, 5) is 2.42. The molecule has 1 saturated heterocycles. The van der Waals surface area contributed by atoms with Crippen molar-refractivity contribution in [1.29, 1.82) is 0 Å². The molecule has 88 valence electrons. The maximum atomic E-state index is 3.32. The maximum absolute atomic E-state index is 3.32. The minimum atomic E-state index is 0.917. The molecule has 0 aromatic heterocycles. The smallest absolute Gasteiger partial charge is 0.0230 e. The van der Waals surface area contributed by atoms with Crippen molar-refractivity contribution in [3.63, 3.8) is 0 Å². The van der Waals surface area contributed by atoms with Crippen molar-refractivity contribution < 1.29 is 0 Å². The van der Waals surface area contributed by atoms with Gasteiger partial charge in [-0.25, -0.2) is 0 Å². The quantitative estimate of drug-likeness (QED) is 0.813. The topological polar surface area (TPSA) is 15.3 Å². The van der Waals surface area contributed by atoms with Gasteiger partial charge in [0.2, 0.25) is 0 Å². The molecule has 0 saturated carbocycles. The van der Waals surface area contributed by atoms with Gasteiger partial charge in [0, 0.05) is 6.54 Å². The lowest BCUT2D eigenvalue weighted by Crippen LogP contribution is -2.43. The van der Waals surface area contributed by atoms with E-state index in [0.717, 1.165) is 12.5 Å². The van der Waals surface area contributed by atoms with Crippen molar-refractivity contribution >= 4 is 0 Å². The van der Waals surface area contributed by atoms with Crippen LogP contribution in [0.1, 0.15) is 17.5 Å². The molecule has 0 spiro atoms. The van der Waals surface area contributed by atoms with Gasteiger partial charge >= 0.3 is 0 Å². The fourth-order valence-corrected chi connectivity index (χ4v) is 2.04. The molecule has 0 amide bonds. The van der Waals surface area contributed by atoms with Crippen LogP contribution in [-0.4, -0.2) is 31.6 Å². The predicted octanol–water partition coefficient (Wildman–Crippen LogP) is 2.04. The van der Waals surface area contributed by atoms with Crippen LogP contribution >= 0.6 is 0 Å². The molecule has 2 nitrogen and oxygen atoms in total. The Bertz CT molecular complexity index is 314. The van der Waals surface area contributed by atoms with Gasteiger partial charge in [0.1, 0.15) is 0 Å². The number of nitrogens with zero attached hydrogens (tertiary/aromatic N) is 1. The van der Waals surface area contributed by atoms with Crippen LogP contribution in [0.2, 0.25) is 0 Å². The minimum absolute atomic E-state index is 0.917. The summed E-state index contributed by atoms with van der Waals surface area (Å²) in [6, 6.07) is 8.85. The van der Waals surface area contributed by atoms with Crippen molar-refractivity contribution in [2.24, 2.45) is 5.92 Å². The van der Waals surface area contributed by atoms with Gasteiger partial charge in [-0.3, -0.25) is 0 Å². The summed E-state index contributed by atoms with van der Waals surface area (Å²) in [5.74, 6) is 0.917. The van der Waals surface area contributed by atoms with E-state index in [-0.39, 0.29) is 0 Å². The molecule has 1 aliphatic rings. The highest BCUT2D eigenvalue weighted by atomic mass is 15.1. The van der Waals surface area contributed by atoms with Gasteiger partial charge in [0.15, 0.2) is 0 Å². The second-order valence-corrected chi connectivity index (χ2v) is 5.04. The molecule has 1 aromatic carbocycles. The van der Waals surface area contributed by atoms with Crippen molar-refractivity contribution in [2.75, 3.05) is 26.7 Å². The van der Waals surface area contributed by atoms with Crippen LogP contribution in [0.4, 0.5) is 0 Å². The molecule has 0 atom stereocenters. The zero-order valence-electron chi connectivity index (χ0n) is 10.4. The summed E-state index contributed by atoms with van der Waals surface area (Å²) in [6.45, 7) is 6.86. The Morgan fingerprint density at radius 3 is 2.50 bits per heavy atom. The van der Waals surface area contributed by atoms with Crippen LogP contribution in [0.3, 0.4) is 0 Å². The van der Waals surface area contributed by atoms with Crippen LogP contribution < -0.4 is 5.32 Å². The first-order valence-electron chi connectivity index (χ1n) is 6.19. The predicted molar refractivity (Wildman–Crippen MR) is 68.5 cm³/mol. The largest absolute Gasteiger partial charge is 0.316 e. The molecule has 2 rings (SSSR count). The normalized spacial score (nSPS) is 16.4. The zero-order chi connectivity index (χ0) is 11.4. The standard InChI is InChI=1S/C14H22N2/c1-12-3-5-13(6-4-12)11-16(2)8-7-14-9-15-10-14/h3-6,14-15H,7-11H2,1-2H3. The first-order valence-corrected chi connectivity index (χ1v) is 6.19. The van der Waals surface area contributed by atoms with E-state index < -0.39 is 0 Å². The average Bonchev–Trinajstić information content (AvgIpc) is 2.19. The zero-order valence-corrected chi connectivity index (χ0v) is 10.4. The van der Waals surface area contributed by atoms with E-state index in [1.807, 2.05) is 0 Å². The third-order valence-electron chi connectivity index (χ3n) is 3.36. The molecule has 0 radical (unpaired) electrons. The Morgan fingerprint density at radius 2 is 1.94 bits per heavy atom. The molecule has 1 aromatic rings. The highest BCUT2D eigenvalue weighted by Crippen LogP contribution is 2.11. The van der Waals surface area contributed by atoms with Crippen LogP contribution in [0.25, 0.3) is 0 Å². The number of benzene rings is 1. The number of hydrogen-bond donors (Lipinski definition) is 1. The molecular formula is C14H22N2. The monoisotopic (exact) mass is 218 g/mol. The lowest BCUT2D eigenvalue weighted by molar-refractivity contribution is 0.252. The third-order valence-corrected chi connectivity index (χ3v) is 3.36. The van der Waals surface area contributed by atoms with Crippen LogP contribution in [0.15, 0.2) is 24.3 Å². The first-order chi connectivity index (χ1) is 7.74. The van der Waals surface area contributed by atoms with Crippen molar-refractivity contribution in [3.05, 3.63) is 35.4 Å². The summed E-state index contributed by atoms with van der Waals surface area (Å²) >= 11 is 0. The highest BCUT2D eigenvalue weighted by molar-refractivity contribution is 5.21. The minimum Gasteiger partial charge on any atom is -0.316 e. The van der Waals surface area contributed by atoms with E-state index in [9.17, 15) is 0 Å². The summed E-state index contributed by atoms with van der Waals surface area (Å²) in [5.41, 5.74) is 2.76. The molecule has 0 aliphatic carbocycles. The molecule has 16 heavy (non-hydrogen) atoms. The van der Waals surface area contributed by atoms with Crippen LogP contribution in [0.5, 0.6) is 0 Å². The highest BCUT2D eigenvalue weighted by Gasteiger charge is 2.16. The van der Waals surface area contributed by atoms with E-state index in [1.54, 1.807) is 0 Å². The number of rotatable bonds is 5. The summed E-state index contributed by atoms with van der Waals surface area (Å²) in [5, 5.41) is 3.32. The molecule has 1 fully saturated rings. The molecular weight excluding hydrogens is 196 g/mol. The lowest BCUT2D eigenvalue weighted by atomic mass is 9.99. The molecule has 1 N–H and O–H groups in total. The summed E-state index contributed by atoms with van der Waals surface area (Å²) < 4.78 is 0. The van der Waals surface area contributed by atoms with E-state index in [0.29, 0.717) is 0 Å². The van der Waals surface area contributed by atoms with Crippen LogP contribution in [-0.2, 0) is 6.54 Å². The average molecular weight is 218 g/mol. The van der Waals surface area contributed by atoms with Crippen LogP contribution in [0, 0.1) is 12.8 Å². The molecule has 2 heteroatoms. The van der Waals surface area contributed by atoms with Gasteiger partial charge in [-0.15, -0.1) is 0 Å². The van der Waals surface area contributed by atoms with Gasteiger partial charge in [0.05, 0.1) is 0 Å².